The van der Waals surface area contributed by atoms with Crippen LogP contribution >= 0.6 is 11.7 Å². The molecule has 0 atom stereocenters. The van der Waals surface area contributed by atoms with Gasteiger partial charge in [-0.05, 0) is 37.5 Å². The summed E-state index contributed by atoms with van der Waals surface area (Å²) in [6, 6.07) is 10.0. The van der Waals surface area contributed by atoms with Crippen molar-refractivity contribution in [2.75, 3.05) is 6.54 Å². The molecule has 0 aliphatic rings. The monoisotopic (exact) mass is 327 g/mol. The van der Waals surface area contributed by atoms with Crippen molar-refractivity contribution in [1.29, 1.82) is 0 Å². The first-order chi connectivity index (χ1) is 11.2. The van der Waals surface area contributed by atoms with Gasteiger partial charge in [-0.15, -0.1) is 0 Å². The van der Waals surface area contributed by atoms with E-state index in [1.54, 1.807) is 0 Å². The van der Waals surface area contributed by atoms with E-state index in [1.807, 2.05) is 41.9 Å². The second-order valence-electron chi connectivity index (χ2n) is 5.17. The molecular formula is C16H17N5OS. The van der Waals surface area contributed by atoms with Gasteiger partial charge in [0, 0.05) is 12.7 Å². The van der Waals surface area contributed by atoms with Crippen LogP contribution in [0.4, 0.5) is 0 Å². The third-order valence-electron chi connectivity index (χ3n) is 3.52. The highest BCUT2D eigenvalue weighted by Crippen LogP contribution is 2.13. The van der Waals surface area contributed by atoms with Gasteiger partial charge in [-0.1, -0.05) is 18.2 Å². The van der Waals surface area contributed by atoms with Crippen molar-refractivity contribution in [3.63, 3.8) is 0 Å². The standard InChI is InChI=1S/C16H17N5OS/c1-12-13(11-21(19-12)14-7-3-2-4-8-14)6-5-9-17-16(22)15-10-18-23-20-15/h2-4,7-8,10-11H,5-6,9H2,1H3,(H,17,22). The van der Waals surface area contributed by atoms with Crippen molar-refractivity contribution in [1.82, 2.24) is 23.8 Å². The van der Waals surface area contributed by atoms with Gasteiger partial charge in [0.05, 0.1) is 29.3 Å². The van der Waals surface area contributed by atoms with Crippen LogP contribution in [0.3, 0.4) is 0 Å². The lowest BCUT2D eigenvalue weighted by atomic mass is 10.1. The summed E-state index contributed by atoms with van der Waals surface area (Å²) >= 11 is 1.03. The Morgan fingerprint density at radius 2 is 2.13 bits per heavy atom. The summed E-state index contributed by atoms with van der Waals surface area (Å²) < 4.78 is 9.62. The molecule has 23 heavy (non-hydrogen) atoms. The van der Waals surface area contributed by atoms with E-state index in [-0.39, 0.29) is 5.91 Å². The van der Waals surface area contributed by atoms with Gasteiger partial charge in [-0.25, -0.2) is 4.68 Å². The van der Waals surface area contributed by atoms with Crippen molar-refractivity contribution in [2.45, 2.75) is 19.8 Å². The van der Waals surface area contributed by atoms with Gasteiger partial charge < -0.3 is 5.32 Å². The Morgan fingerprint density at radius 3 is 2.87 bits per heavy atom. The fourth-order valence-corrected chi connectivity index (χ4v) is 2.70. The number of rotatable bonds is 6. The fraction of sp³-hybridized carbons (Fsp3) is 0.250. The van der Waals surface area contributed by atoms with E-state index in [2.05, 4.69) is 25.4 Å². The number of hydrogen-bond acceptors (Lipinski definition) is 5. The average molecular weight is 327 g/mol. The van der Waals surface area contributed by atoms with Crippen LogP contribution in [0.25, 0.3) is 5.69 Å². The summed E-state index contributed by atoms with van der Waals surface area (Å²) in [5, 5.41) is 7.40. The van der Waals surface area contributed by atoms with Gasteiger partial charge in [0.25, 0.3) is 5.91 Å². The highest BCUT2D eigenvalue weighted by atomic mass is 32.1. The second-order valence-corrected chi connectivity index (χ2v) is 5.73. The van der Waals surface area contributed by atoms with Crippen molar-refractivity contribution in [2.24, 2.45) is 0 Å². The first-order valence-corrected chi connectivity index (χ1v) is 8.13. The van der Waals surface area contributed by atoms with Crippen LogP contribution in [0, 0.1) is 6.92 Å². The molecule has 0 aliphatic carbocycles. The number of carbonyl (C=O) groups excluding carboxylic acids is 1. The van der Waals surface area contributed by atoms with E-state index >= 15 is 0 Å². The van der Waals surface area contributed by atoms with Crippen LogP contribution in [-0.4, -0.2) is 31.0 Å². The highest BCUT2D eigenvalue weighted by Gasteiger charge is 2.09. The summed E-state index contributed by atoms with van der Waals surface area (Å²) in [5.74, 6) is -0.171. The molecule has 0 unspecified atom stereocenters. The molecule has 3 aromatic rings. The molecular weight excluding hydrogens is 310 g/mol. The molecule has 0 fully saturated rings. The third kappa shape index (κ3) is 3.81. The Kier molecular flexibility index (Phi) is 4.77. The first-order valence-electron chi connectivity index (χ1n) is 7.40. The number of aromatic nitrogens is 4. The first kappa shape index (κ1) is 15.4. The number of para-hydroxylation sites is 1. The summed E-state index contributed by atoms with van der Waals surface area (Å²) in [6.45, 7) is 2.61. The third-order valence-corrected chi connectivity index (χ3v) is 4.00. The Morgan fingerprint density at radius 1 is 1.30 bits per heavy atom. The van der Waals surface area contributed by atoms with Crippen LogP contribution in [-0.2, 0) is 6.42 Å². The largest absolute Gasteiger partial charge is 0.351 e. The number of hydrogen-bond donors (Lipinski definition) is 1. The summed E-state index contributed by atoms with van der Waals surface area (Å²) in [6.07, 6.45) is 5.25. The van der Waals surface area contributed by atoms with Crippen molar-refractivity contribution < 1.29 is 4.79 Å². The Labute approximate surface area is 138 Å². The van der Waals surface area contributed by atoms with Crippen molar-refractivity contribution in [3.05, 3.63) is 59.7 Å². The smallest absolute Gasteiger partial charge is 0.272 e. The lowest BCUT2D eigenvalue weighted by molar-refractivity contribution is 0.0949. The van der Waals surface area contributed by atoms with Crippen LogP contribution in [0.15, 0.2) is 42.7 Å². The van der Waals surface area contributed by atoms with E-state index in [0.717, 1.165) is 36.0 Å². The lowest BCUT2D eigenvalue weighted by Crippen LogP contribution is -2.25. The normalized spacial score (nSPS) is 10.7. The molecule has 0 saturated heterocycles. The zero-order valence-electron chi connectivity index (χ0n) is 12.8. The molecule has 1 amide bonds. The number of amides is 1. The number of aryl methyl sites for hydroxylation is 2. The molecule has 2 aromatic heterocycles. The maximum Gasteiger partial charge on any atom is 0.272 e. The maximum absolute atomic E-state index is 11.7. The van der Waals surface area contributed by atoms with Gasteiger partial charge in [0.2, 0.25) is 0 Å². The topological polar surface area (TPSA) is 72.7 Å². The Bertz CT molecular complexity index is 767. The summed E-state index contributed by atoms with van der Waals surface area (Å²) in [4.78, 5) is 11.7. The average Bonchev–Trinajstić information content (AvgIpc) is 3.22. The van der Waals surface area contributed by atoms with E-state index < -0.39 is 0 Å². The molecule has 2 heterocycles. The van der Waals surface area contributed by atoms with Gasteiger partial charge in [-0.2, -0.15) is 13.8 Å². The van der Waals surface area contributed by atoms with Gasteiger partial charge in [0.15, 0.2) is 5.69 Å². The van der Waals surface area contributed by atoms with Crippen LogP contribution < -0.4 is 5.32 Å². The van der Waals surface area contributed by atoms with Gasteiger partial charge in [-0.3, -0.25) is 4.79 Å². The number of benzene rings is 1. The van der Waals surface area contributed by atoms with E-state index in [0.29, 0.717) is 12.2 Å². The number of carbonyl (C=O) groups is 1. The minimum atomic E-state index is -0.171. The molecule has 6 nitrogen and oxygen atoms in total. The minimum absolute atomic E-state index is 0.171. The highest BCUT2D eigenvalue weighted by molar-refractivity contribution is 6.99. The van der Waals surface area contributed by atoms with Gasteiger partial charge in [0.1, 0.15) is 0 Å². The lowest BCUT2D eigenvalue weighted by Gasteiger charge is -2.02. The molecule has 118 valence electrons. The molecule has 0 bridgehead atoms. The van der Waals surface area contributed by atoms with E-state index in [9.17, 15) is 4.79 Å². The van der Waals surface area contributed by atoms with Crippen LogP contribution in [0.2, 0.25) is 0 Å². The molecule has 3 rings (SSSR count). The van der Waals surface area contributed by atoms with E-state index in [4.69, 9.17) is 0 Å². The molecule has 0 aliphatic heterocycles. The quantitative estimate of drug-likeness (QED) is 0.706. The van der Waals surface area contributed by atoms with E-state index in [1.165, 1.54) is 11.8 Å². The second kappa shape index (κ2) is 7.15. The van der Waals surface area contributed by atoms with Crippen LogP contribution in [0.5, 0.6) is 0 Å². The molecule has 0 saturated carbocycles. The molecule has 1 N–H and O–H groups in total. The Balaban J connectivity index is 1.53. The number of nitrogens with zero attached hydrogens (tertiary/aromatic N) is 4. The SMILES string of the molecule is Cc1nn(-c2ccccc2)cc1CCCNC(=O)c1cnsn1. The predicted octanol–water partition coefficient (Wildman–Crippen LogP) is 2.39. The fourth-order valence-electron chi connectivity index (χ4n) is 2.29. The zero-order valence-corrected chi connectivity index (χ0v) is 13.6. The molecule has 0 spiro atoms. The van der Waals surface area contributed by atoms with Crippen LogP contribution in [0.1, 0.15) is 28.2 Å². The Hall–Kier alpha value is -2.54. The predicted molar refractivity (Wildman–Crippen MR) is 88.9 cm³/mol. The number of nitrogens with one attached hydrogen (secondary N) is 1. The molecule has 1 aromatic carbocycles. The zero-order chi connectivity index (χ0) is 16.1. The summed E-state index contributed by atoms with van der Waals surface area (Å²) in [5.41, 5.74) is 3.64. The van der Waals surface area contributed by atoms with Crippen molar-refractivity contribution >= 4 is 17.6 Å². The molecule has 0 radical (unpaired) electrons. The minimum Gasteiger partial charge on any atom is -0.351 e. The van der Waals surface area contributed by atoms with Crippen molar-refractivity contribution in [3.8, 4) is 5.69 Å². The maximum atomic E-state index is 11.7. The van der Waals surface area contributed by atoms with Gasteiger partial charge >= 0.3 is 0 Å². The summed E-state index contributed by atoms with van der Waals surface area (Å²) in [7, 11) is 0. The molecule has 7 heteroatoms.